The fourth-order valence-corrected chi connectivity index (χ4v) is 1.71. The minimum atomic E-state index is 0.179. The third-order valence-electron chi connectivity index (χ3n) is 1.61. The van der Waals surface area contributed by atoms with E-state index in [-0.39, 0.29) is 5.88 Å². The summed E-state index contributed by atoms with van der Waals surface area (Å²) in [5.41, 5.74) is 7.00. The normalized spacial score (nSPS) is 11.9. The van der Waals surface area contributed by atoms with Gasteiger partial charge in [0, 0.05) is 5.02 Å². The van der Waals surface area contributed by atoms with Crippen molar-refractivity contribution in [3.05, 3.63) is 27.7 Å². The molecule has 0 atom stereocenters. The maximum absolute atomic E-state index is 5.95. The van der Waals surface area contributed by atoms with Crippen LogP contribution in [0, 0.1) is 6.92 Å². The first kappa shape index (κ1) is 11.6. The summed E-state index contributed by atoms with van der Waals surface area (Å²) < 4.78 is 0. The first-order valence-corrected chi connectivity index (χ1v) is 5.18. The Bertz CT molecular complexity index is 351. The van der Waals surface area contributed by atoms with Crippen LogP contribution in [0.3, 0.4) is 0 Å². The molecule has 1 rings (SSSR count). The number of benzene rings is 1. The topological polar surface area (TPSA) is 38.4 Å². The number of aliphatic imine (C=N–C) groups is 1. The highest BCUT2D eigenvalue weighted by atomic mass is 35.5. The Hall–Kier alpha value is -0.440. The lowest BCUT2D eigenvalue weighted by Crippen LogP contribution is -2.12. The first-order chi connectivity index (χ1) is 6.54. The Balaban J connectivity index is 3.21. The number of hydrogen-bond donors (Lipinski definition) is 1. The fourth-order valence-electron chi connectivity index (χ4n) is 1.01. The van der Waals surface area contributed by atoms with Crippen LogP contribution >= 0.6 is 34.8 Å². The van der Waals surface area contributed by atoms with Gasteiger partial charge in [-0.2, -0.15) is 0 Å². The number of amidine groups is 1. The summed E-state index contributed by atoms with van der Waals surface area (Å²) in [5, 5.41) is 1.05. The molecule has 0 bridgehead atoms. The molecule has 14 heavy (non-hydrogen) atoms. The van der Waals surface area contributed by atoms with E-state index in [1.807, 2.05) is 6.92 Å². The monoisotopic (exact) mass is 250 g/mol. The molecule has 0 spiro atoms. The highest BCUT2D eigenvalue weighted by Gasteiger charge is 2.05. The fraction of sp³-hybridized carbons (Fsp3) is 0.222. The zero-order valence-electron chi connectivity index (χ0n) is 7.52. The molecular weight excluding hydrogens is 242 g/mol. The van der Waals surface area contributed by atoms with Gasteiger partial charge < -0.3 is 5.73 Å². The molecule has 0 aliphatic heterocycles. The molecule has 0 saturated heterocycles. The summed E-state index contributed by atoms with van der Waals surface area (Å²) in [5.74, 6) is 0.511. The molecule has 0 unspecified atom stereocenters. The second kappa shape index (κ2) is 4.87. The van der Waals surface area contributed by atoms with Gasteiger partial charge in [0.1, 0.15) is 5.84 Å². The second-order valence-electron chi connectivity index (χ2n) is 2.79. The molecule has 0 aliphatic rings. The number of aryl methyl sites for hydroxylation is 1. The molecule has 0 saturated carbocycles. The van der Waals surface area contributed by atoms with E-state index in [2.05, 4.69) is 4.99 Å². The number of nitrogens with two attached hydrogens (primary N) is 1. The highest BCUT2D eigenvalue weighted by molar-refractivity contribution is 6.36. The van der Waals surface area contributed by atoms with Crippen molar-refractivity contribution in [2.75, 3.05) is 5.88 Å². The molecule has 2 nitrogen and oxygen atoms in total. The Kier molecular flexibility index (Phi) is 4.05. The van der Waals surface area contributed by atoms with E-state index in [0.29, 0.717) is 21.6 Å². The molecule has 1 aromatic rings. The average Bonchev–Trinajstić information content (AvgIpc) is 2.10. The Labute approximate surface area is 97.7 Å². The van der Waals surface area contributed by atoms with Gasteiger partial charge in [-0.15, -0.1) is 11.6 Å². The van der Waals surface area contributed by atoms with Gasteiger partial charge in [0.2, 0.25) is 0 Å². The molecule has 2 N–H and O–H groups in total. The van der Waals surface area contributed by atoms with E-state index in [1.54, 1.807) is 12.1 Å². The van der Waals surface area contributed by atoms with Crippen molar-refractivity contribution in [2.45, 2.75) is 6.92 Å². The van der Waals surface area contributed by atoms with Crippen molar-refractivity contribution in [3.8, 4) is 0 Å². The maximum atomic E-state index is 5.95. The standard InChI is InChI=1S/C9H9Cl3N2/c1-5-2-6(11)3-7(12)9(5)14-8(13)4-10/h2-3H,4H2,1H3,(H2,13,14). The Morgan fingerprint density at radius 1 is 1.43 bits per heavy atom. The van der Waals surface area contributed by atoms with Crippen molar-refractivity contribution in [3.63, 3.8) is 0 Å². The van der Waals surface area contributed by atoms with Crippen molar-refractivity contribution < 1.29 is 0 Å². The maximum Gasteiger partial charge on any atom is 0.115 e. The summed E-state index contributed by atoms with van der Waals surface area (Å²) in [6.45, 7) is 1.86. The van der Waals surface area contributed by atoms with Crippen LogP contribution in [0.1, 0.15) is 5.56 Å². The van der Waals surface area contributed by atoms with Crippen molar-refractivity contribution in [2.24, 2.45) is 10.7 Å². The Morgan fingerprint density at radius 3 is 2.57 bits per heavy atom. The molecule has 0 heterocycles. The molecule has 0 aliphatic carbocycles. The number of alkyl halides is 1. The van der Waals surface area contributed by atoms with Gasteiger partial charge >= 0.3 is 0 Å². The summed E-state index contributed by atoms with van der Waals surface area (Å²) in [6, 6.07) is 3.39. The van der Waals surface area contributed by atoms with Crippen LogP contribution in [0.25, 0.3) is 0 Å². The summed E-state index contributed by atoms with van der Waals surface area (Å²) in [7, 11) is 0. The smallest absolute Gasteiger partial charge is 0.115 e. The summed E-state index contributed by atoms with van der Waals surface area (Å²) in [6.07, 6.45) is 0. The molecule has 1 aromatic carbocycles. The van der Waals surface area contributed by atoms with Crippen LogP contribution in [-0.2, 0) is 0 Å². The largest absolute Gasteiger partial charge is 0.386 e. The molecule has 5 heteroatoms. The Morgan fingerprint density at radius 2 is 2.07 bits per heavy atom. The zero-order chi connectivity index (χ0) is 10.7. The lowest BCUT2D eigenvalue weighted by atomic mass is 10.2. The van der Waals surface area contributed by atoms with E-state index < -0.39 is 0 Å². The SMILES string of the molecule is Cc1cc(Cl)cc(Cl)c1N=C(N)CCl. The molecule has 0 radical (unpaired) electrons. The van der Waals surface area contributed by atoms with Crippen LogP contribution in [0.4, 0.5) is 5.69 Å². The van der Waals surface area contributed by atoms with Crippen molar-refractivity contribution in [1.29, 1.82) is 0 Å². The van der Waals surface area contributed by atoms with Gasteiger partial charge in [0.25, 0.3) is 0 Å². The van der Waals surface area contributed by atoms with Gasteiger partial charge in [0.05, 0.1) is 16.6 Å². The quantitative estimate of drug-likeness (QED) is 0.487. The van der Waals surface area contributed by atoms with Gasteiger partial charge in [-0.05, 0) is 24.6 Å². The van der Waals surface area contributed by atoms with E-state index in [4.69, 9.17) is 40.5 Å². The highest BCUT2D eigenvalue weighted by Crippen LogP contribution is 2.31. The molecule has 0 fully saturated rings. The van der Waals surface area contributed by atoms with E-state index in [0.717, 1.165) is 5.56 Å². The van der Waals surface area contributed by atoms with Gasteiger partial charge in [-0.3, -0.25) is 0 Å². The van der Waals surface area contributed by atoms with Gasteiger partial charge in [-0.25, -0.2) is 4.99 Å². The number of hydrogen-bond acceptors (Lipinski definition) is 1. The van der Waals surface area contributed by atoms with Crippen LogP contribution in [-0.4, -0.2) is 11.7 Å². The molecule has 0 aromatic heterocycles. The lowest BCUT2D eigenvalue weighted by Gasteiger charge is -2.04. The lowest BCUT2D eigenvalue weighted by molar-refractivity contribution is 1.37. The van der Waals surface area contributed by atoms with Crippen LogP contribution in [0.15, 0.2) is 17.1 Å². The number of halogens is 3. The van der Waals surface area contributed by atoms with Crippen LogP contribution in [0.5, 0.6) is 0 Å². The predicted molar refractivity (Wildman–Crippen MR) is 63.2 cm³/mol. The first-order valence-electron chi connectivity index (χ1n) is 3.89. The molecule has 0 amide bonds. The van der Waals surface area contributed by atoms with E-state index in [1.165, 1.54) is 0 Å². The zero-order valence-corrected chi connectivity index (χ0v) is 9.79. The molecule has 76 valence electrons. The summed E-state index contributed by atoms with van der Waals surface area (Å²) >= 11 is 17.3. The minimum absolute atomic E-state index is 0.179. The number of nitrogens with zero attached hydrogens (tertiary/aromatic N) is 1. The summed E-state index contributed by atoms with van der Waals surface area (Å²) in [4.78, 5) is 4.09. The van der Waals surface area contributed by atoms with E-state index in [9.17, 15) is 0 Å². The predicted octanol–water partition coefficient (Wildman–Crippen LogP) is 3.53. The average molecular weight is 252 g/mol. The van der Waals surface area contributed by atoms with Crippen molar-refractivity contribution in [1.82, 2.24) is 0 Å². The minimum Gasteiger partial charge on any atom is -0.386 e. The van der Waals surface area contributed by atoms with Crippen molar-refractivity contribution >= 4 is 46.3 Å². The number of rotatable bonds is 2. The van der Waals surface area contributed by atoms with Crippen LogP contribution < -0.4 is 5.73 Å². The molecular formula is C9H9Cl3N2. The van der Waals surface area contributed by atoms with Gasteiger partial charge in [-0.1, -0.05) is 23.2 Å². The van der Waals surface area contributed by atoms with E-state index >= 15 is 0 Å². The van der Waals surface area contributed by atoms with Gasteiger partial charge in [0.15, 0.2) is 0 Å². The van der Waals surface area contributed by atoms with Crippen LogP contribution in [0.2, 0.25) is 10.0 Å². The third kappa shape index (κ3) is 2.77. The second-order valence-corrected chi connectivity index (χ2v) is 3.90. The third-order valence-corrected chi connectivity index (χ3v) is 2.39.